The number of H-pyrrole nitrogens is 1. The lowest BCUT2D eigenvalue weighted by atomic mass is 10.1. The molecule has 0 bridgehead atoms. The second-order valence-corrected chi connectivity index (χ2v) is 3.06. The number of benzene rings is 1. The molecular weight excluding hydrogens is 208 g/mol. The van der Waals surface area contributed by atoms with Gasteiger partial charge in [0.15, 0.2) is 0 Å². The summed E-state index contributed by atoms with van der Waals surface area (Å²) in [6.45, 7) is 0. The fraction of sp³-hybridized carbons (Fsp3) is 0. The third-order valence-corrected chi connectivity index (χ3v) is 2.16. The number of esters is 1. The molecule has 1 N–H and O–H groups in total. The van der Waals surface area contributed by atoms with E-state index in [2.05, 4.69) is 9.72 Å². The van der Waals surface area contributed by atoms with Crippen molar-refractivity contribution >= 4 is 22.7 Å². The van der Waals surface area contributed by atoms with E-state index in [-0.39, 0.29) is 5.56 Å². The Kier molecular flexibility index (Phi) is 2.40. The molecule has 0 saturated heterocycles. The zero-order valence-electron chi connectivity index (χ0n) is 8.06. The van der Waals surface area contributed by atoms with Crippen molar-refractivity contribution < 1.29 is 14.3 Å². The Morgan fingerprint density at radius 2 is 2.06 bits per heavy atom. The average molecular weight is 214 g/mol. The molecule has 1 aromatic carbocycles. The maximum Gasteiger partial charge on any atom is 0.395 e. The van der Waals surface area contributed by atoms with Gasteiger partial charge in [-0.15, -0.1) is 5.26 Å². The number of carbonyl (C=O) groups excluding carboxylic acids is 2. The molecule has 0 spiro atoms. The lowest BCUT2D eigenvalue weighted by molar-refractivity contribution is -0.131. The van der Waals surface area contributed by atoms with Gasteiger partial charge >= 0.3 is 5.97 Å². The second-order valence-electron chi connectivity index (χ2n) is 3.06. The maximum atomic E-state index is 11.6. The van der Waals surface area contributed by atoms with Gasteiger partial charge in [0.1, 0.15) is 0 Å². The SMILES string of the molecule is N#COC(=O)C(=O)c1c[nH]c2ccccc12. The summed E-state index contributed by atoms with van der Waals surface area (Å²) in [5.41, 5.74) is 0.950. The van der Waals surface area contributed by atoms with Gasteiger partial charge in [-0.3, -0.25) is 4.79 Å². The molecule has 1 heterocycles. The van der Waals surface area contributed by atoms with Crippen LogP contribution in [-0.2, 0) is 9.53 Å². The number of carbonyl (C=O) groups is 2. The number of fused-ring (bicyclic) bond motifs is 1. The van der Waals surface area contributed by atoms with Crippen LogP contribution in [0.15, 0.2) is 30.5 Å². The lowest BCUT2D eigenvalue weighted by Crippen LogP contribution is -2.14. The van der Waals surface area contributed by atoms with Crippen molar-refractivity contribution in [3.8, 4) is 6.26 Å². The third kappa shape index (κ3) is 1.53. The standard InChI is InChI=1S/C11H6N2O3/c12-6-16-11(15)10(14)8-5-13-9-4-2-1-3-7(8)9/h1-5,13H. The number of nitrogens with zero attached hydrogens (tertiary/aromatic N) is 1. The zero-order chi connectivity index (χ0) is 11.5. The van der Waals surface area contributed by atoms with Crippen LogP contribution in [0.4, 0.5) is 0 Å². The van der Waals surface area contributed by atoms with E-state index in [1.54, 1.807) is 24.3 Å². The molecule has 5 nitrogen and oxygen atoms in total. The molecule has 0 atom stereocenters. The second kappa shape index (κ2) is 3.87. The van der Waals surface area contributed by atoms with Crippen LogP contribution in [0, 0.1) is 11.5 Å². The summed E-state index contributed by atoms with van der Waals surface area (Å²) < 4.78 is 3.98. The number of ether oxygens (including phenoxy) is 1. The largest absolute Gasteiger partial charge is 0.395 e. The Hall–Kier alpha value is -2.61. The Morgan fingerprint density at radius 1 is 1.31 bits per heavy atom. The van der Waals surface area contributed by atoms with Gasteiger partial charge in [-0.25, -0.2) is 4.79 Å². The number of rotatable bonds is 2. The van der Waals surface area contributed by atoms with Crippen LogP contribution in [0.1, 0.15) is 10.4 Å². The van der Waals surface area contributed by atoms with Crippen molar-refractivity contribution in [1.82, 2.24) is 4.98 Å². The van der Waals surface area contributed by atoms with Crippen LogP contribution < -0.4 is 0 Å². The minimum absolute atomic E-state index is 0.204. The molecule has 0 aliphatic carbocycles. The number of hydrogen-bond donors (Lipinski definition) is 1. The highest BCUT2D eigenvalue weighted by molar-refractivity contribution is 6.43. The number of para-hydroxylation sites is 1. The van der Waals surface area contributed by atoms with Crippen LogP contribution in [0.25, 0.3) is 10.9 Å². The normalized spacial score (nSPS) is 9.69. The van der Waals surface area contributed by atoms with Crippen LogP contribution in [0.3, 0.4) is 0 Å². The average Bonchev–Trinajstić information content (AvgIpc) is 2.72. The minimum Gasteiger partial charge on any atom is -0.360 e. The molecular formula is C11H6N2O3. The molecule has 0 saturated carbocycles. The molecule has 78 valence electrons. The fourth-order valence-electron chi connectivity index (χ4n) is 1.46. The Balaban J connectivity index is 2.45. The first kappa shape index (κ1) is 9.93. The number of Topliss-reactive ketones (excluding diaryl/α,β-unsaturated/α-hetero) is 1. The van der Waals surface area contributed by atoms with E-state index >= 15 is 0 Å². The zero-order valence-corrected chi connectivity index (χ0v) is 8.06. The first-order valence-corrected chi connectivity index (χ1v) is 4.44. The van der Waals surface area contributed by atoms with E-state index in [9.17, 15) is 9.59 Å². The van der Waals surface area contributed by atoms with Crippen molar-refractivity contribution in [3.63, 3.8) is 0 Å². The molecule has 0 radical (unpaired) electrons. The quantitative estimate of drug-likeness (QED) is 0.354. The number of ketones is 1. The van der Waals surface area contributed by atoms with Gasteiger partial charge in [-0.2, -0.15) is 0 Å². The number of hydrogen-bond acceptors (Lipinski definition) is 4. The van der Waals surface area contributed by atoms with Gasteiger partial charge in [-0.05, 0) is 6.07 Å². The van der Waals surface area contributed by atoms with Crippen LogP contribution >= 0.6 is 0 Å². The van der Waals surface area contributed by atoms with Gasteiger partial charge in [0, 0.05) is 17.1 Å². The number of nitriles is 1. The highest BCUT2D eigenvalue weighted by Gasteiger charge is 2.21. The van der Waals surface area contributed by atoms with Gasteiger partial charge < -0.3 is 9.72 Å². The molecule has 0 unspecified atom stereocenters. The molecule has 0 fully saturated rings. The smallest absolute Gasteiger partial charge is 0.360 e. The summed E-state index contributed by atoms with van der Waals surface area (Å²) in [6, 6.07) is 7.05. The number of nitrogens with one attached hydrogen (secondary N) is 1. The van der Waals surface area contributed by atoms with Crippen LogP contribution in [0.5, 0.6) is 0 Å². The number of aromatic amines is 1. The van der Waals surface area contributed by atoms with Crippen molar-refractivity contribution in [2.24, 2.45) is 0 Å². The summed E-state index contributed by atoms with van der Waals surface area (Å²) in [5.74, 6) is -2.01. The van der Waals surface area contributed by atoms with Gasteiger partial charge in [0.25, 0.3) is 12.0 Å². The molecule has 0 amide bonds. The lowest BCUT2D eigenvalue weighted by Gasteiger charge is -1.94. The molecule has 2 aromatic rings. The van der Waals surface area contributed by atoms with Crippen molar-refractivity contribution in [2.75, 3.05) is 0 Å². The third-order valence-electron chi connectivity index (χ3n) is 2.16. The fourth-order valence-corrected chi connectivity index (χ4v) is 1.46. The summed E-state index contributed by atoms with van der Waals surface area (Å²) in [5, 5.41) is 8.77. The Bertz CT molecular complexity index is 607. The monoisotopic (exact) mass is 214 g/mol. The Labute approximate surface area is 90.2 Å². The first-order chi connectivity index (χ1) is 7.74. The van der Waals surface area contributed by atoms with Gasteiger partial charge in [0.05, 0.1) is 5.56 Å². The molecule has 16 heavy (non-hydrogen) atoms. The van der Waals surface area contributed by atoms with Crippen LogP contribution in [0.2, 0.25) is 0 Å². The molecule has 0 aliphatic heterocycles. The van der Waals surface area contributed by atoms with E-state index < -0.39 is 11.8 Å². The van der Waals surface area contributed by atoms with Crippen molar-refractivity contribution in [1.29, 1.82) is 5.26 Å². The predicted octanol–water partition coefficient (Wildman–Crippen LogP) is 1.37. The van der Waals surface area contributed by atoms with Crippen LogP contribution in [-0.4, -0.2) is 16.7 Å². The minimum atomic E-state index is -1.17. The molecule has 5 heteroatoms. The van der Waals surface area contributed by atoms with E-state index in [4.69, 9.17) is 5.26 Å². The van der Waals surface area contributed by atoms with E-state index in [1.165, 1.54) is 12.5 Å². The van der Waals surface area contributed by atoms with Crippen molar-refractivity contribution in [3.05, 3.63) is 36.0 Å². The van der Waals surface area contributed by atoms with Gasteiger partial charge in [-0.1, -0.05) is 18.2 Å². The maximum absolute atomic E-state index is 11.6. The highest BCUT2D eigenvalue weighted by Crippen LogP contribution is 2.18. The topological polar surface area (TPSA) is 82.9 Å². The van der Waals surface area contributed by atoms with Crippen molar-refractivity contribution in [2.45, 2.75) is 0 Å². The van der Waals surface area contributed by atoms with E-state index in [0.717, 1.165) is 5.52 Å². The molecule has 1 aromatic heterocycles. The Morgan fingerprint density at radius 3 is 2.81 bits per heavy atom. The summed E-state index contributed by atoms with van der Waals surface area (Å²) >= 11 is 0. The summed E-state index contributed by atoms with van der Waals surface area (Å²) in [4.78, 5) is 25.5. The predicted molar refractivity (Wildman–Crippen MR) is 54.3 cm³/mol. The summed E-state index contributed by atoms with van der Waals surface area (Å²) in [7, 11) is 0. The van der Waals surface area contributed by atoms with Gasteiger partial charge in [0.2, 0.25) is 0 Å². The first-order valence-electron chi connectivity index (χ1n) is 4.44. The number of aromatic nitrogens is 1. The summed E-state index contributed by atoms with van der Waals surface area (Å²) in [6.07, 6.45) is 2.60. The van der Waals surface area contributed by atoms with E-state index in [0.29, 0.717) is 5.39 Å². The molecule has 0 aliphatic rings. The highest BCUT2D eigenvalue weighted by atomic mass is 16.5. The molecule has 2 rings (SSSR count). The van der Waals surface area contributed by atoms with E-state index in [1.807, 2.05) is 0 Å².